The van der Waals surface area contributed by atoms with Gasteiger partial charge in [-0.2, -0.15) is 0 Å². The minimum absolute atomic E-state index is 0.0361. The van der Waals surface area contributed by atoms with Gasteiger partial charge in [-0.3, -0.25) is 9.59 Å². The molecule has 1 heterocycles. The van der Waals surface area contributed by atoms with Crippen LogP contribution < -0.4 is 26.6 Å². The van der Waals surface area contributed by atoms with Gasteiger partial charge in [-0.15, -0.1) is 0 Å². The molecule has 2 rings (SSSR count). The van der Waals surface area contributed by atoms with E-state index in [0.29, 0.717) is 23.3 Å². The predicted molar refractivity (Wildman–Crippen MR) is 101 cm³/mol. The van der Waals surface area contributed by atoms with Gasteiger partial charge in [0.2, 0.25) is 5.91 Å². The van der Waals surface area contributed by atoms with Crippen LogP contribution in [0.3, 0.4) is 0 Å². The van der Waals surface area contributed by atoms with Crippen molar-refractivity contribution in [2.45, 2.75) is 45.8 Å². The number of nitrogen functional groups attached to an aromatic ring is 1. The topological polar surface area (TPSA) is 99.5 Å². The first-order valence-corrected chi connectivity index (χ1v) is 8.75. The van der Waals surface area contributed by atoms with E-state index in [0.717, 1.165) is 18.8 Å². The van der Waals surface area contributed by atoms with Crippen LogP contribution in [0.1, 0.15) is 38.1 Å². The fourth-order valence-electron chi connectivity index (χ4n) is 2.93. The number of carbonyl (C=O) groups is 2. The maximum atomic E-state index is 12.4. The van der Waals surface area contributed by atoms with Crippen molar-refractivity contribution in [3.8, 4) is 0 Å². The molecule has 138 valence electrons. The van der Waals surface area contributed by atoms with Crippen molar-refractivity contribution in [2.75, 3.05) is 30.3 Å². The zero-order chi connectivity index (χ0) is 18.6. The molecule has 25 heavy (non-hydrogen) atoms. The van der Waals surface area contributed by atoms with Crippen molar-refractivity contribution in [1.82, 2.24) is 16.0 Å². The van der Waals surface area contributed by atoms with E-state index in [1.807, 2.05) is 19.9 Å². The normalized spacial score (nSPS) is 20.4. The first kappa shape index (κ1) is 19.1. The Morgan fingerprint density at radius 1 is 1.36 bits per heavy atom. The van der Waals surface area contributed by atoms with Crippen molar-refractivity contribution in [3.05, 3.63) is 23.8 Å². The number of hydrogen-bond donors (Lipinski definition) is 4. The molecule has 7 heteroatoms. The summed E-state index contributed by atoms with van der Waals surface area (Å²) in [7, 11) is 0. The molecule has 0 aromatic heterocycles. The van der Waals surface area contributed by atoms with E-state index in [-0.39, 0.29) is 24.4 Å². The summed E-state index contributed by atoms with van der Waals surface area (Å²) in [6.45, 7) is 9.71. The van der Waals surface area contributed by atoms with Gasteiger partial charge in [0, 0.05) is 42.6 Å². The smallest absolute Gasteiger partial charge is 0.253 e. The van der Waals surface area contributed by atoms with Gasteiger partial charge in [0.05, 0.1) is 12.1 Å². The third-order valence-corrected chi connectivity index (χ3v) is 4.24. The first-order valence-electron chi connectivity index (χ1n) is 8.75. The molecule has 1 fully saturated rings. The van der Waals surface area contributed by atoms with E-state index in [1.54, 1.807) is 12.1 Å². The summed E-state index contributed by atoms with van der Waals surface area (Å²) < 4.78 is 0. The molecular weight excluding hydrogens is 318 g/mol. The van der Waals surface area contributed by atoms with Crippen LogP contribution in [0.15, 0.2) is 18.2 Å². The highest BCUT2D eigenvalue weighted by Crippen LogP contribution is 2.24. The molecule has 0 bridgehead atoms. The monoisotopic (exact) mass is 347 g/mol. The number of amides is 2. The Balaban J connectivity index is 2.10. The van der Waals surface area contributed by atoms with Crippen LogP contribution in [0.5, 0.6) is 0 Å². The second kappa shape index (κ2) is 8.20. The first-order chi connectivity index (χ1) is 11.8. The van der Waals surface area contributed by atoms with Gasteiger partial charge in [0.25, 0.3) is 5.91 Å². The van der Waals surface area contributed by atoms with Crippen molar-refractivity contribution in [1.29, 1.82) is 0 Å². The van der Waals surface area contributed by atoms with Gasteiger partial charge in [-0.25, -0.2) is 0 Å². The third kappa shape index (κ3) is 5.09. The van der Waals surface area contributed by atoms with Gasteiger partial charge in [0.1, 0.15) is 0 Å². The number of piperazine rings is 1. The summed E-state index contributed by atoms with van der Waals surface area (Å²) in [6.07, 6.45) is 0. The number of rotatable bonds is 5. The Bertz CT molecular complexity index is 632. The Morgan fingerprint density at radius 3 is 2.76 bits per heavy atom. The van der Waals surface area contributed by atoms with Crippen LogP contribution >= 0.6 is 0 Å². The van der Waals surface area contributed by atoms with E-state index in [2.05, 4.69) is 34.7 Å². The molecule has 1 saturated heterocycles. The number of nitrogens with two attached hydrogens (primary N) is 1. The van der Waals surface area contributed by atoms with Gasteiger partial charge >= 0.3 is 0 Å². The Morgan fingerprint density at radius 2 is 2.08 bits per heavy atom. The van der Waals surface area contributed by atoms with Crippen LogP contribution in [0.2, 0.25) is 0 Å². The molecule has 2 atom stereocenters. The van der Waals surface area contributed by atoms with E-state index in [4.69, 9.17) is 5.73 Å². The molecule has 1 aromatic carbocycles. The molecule has 0 spiro atoms. The largest absolute Gasteiger partial charge is 0.398 e. The molecule has 0 saturated carbocycles. The highest BCUT2D eigenvalue weighted by atomic mass is 16.2. The predicted octanol–water partition coefficient (Wildman–Crippen LogP) is 0.710. The fraction of sp³-hybridized carbons (Fsp3) is 0.556. The molecule has 7 nitrogen and oxygen atoms in total. The minimum atomic E-state index is -0.339. The maximum absolute atomic E-state index is 12.4. The number of anilines is 2. The van der Waals surface area contributed by atoms with Crippen molar-refractivity contribution in [2.24, 2.45) is 0 Å². The molecule has 2 amide bonds. The lowest BCUT2D eigenvalue weighted by molar-refractivity contribution is -0.120. The van der Waals surface area contributed by atoms with Crippen LogP contribution in [-0.4, -0.2) is 49.6 Å². The molecule has 0 aliphatic carbocycles. The van der Waals surface area contributed by atoms with E-state index in [9.17, 15) is 9.59 Å². The summed E-state index contributed by atoms with van der Waals surface area (Å²) in [5.41, 5.74) is 7.74. The lowest BCUT2D eigenvalue weighted by Crippen LogP contribution is -2.54. The SMILES string of the molecule is CC(C)NC(=O)CNC(=O)c1cc(N2CC(C)NCC2C)ccc1N. The van der Waals surface area contributed by atoms with E-state index in [1.165, 1.54) is 0 Å². The van der Waals surface area contributed by atoms with Crippen LogP contribution in [-0.2, 0) is 4.79 Å². The number of nitrogens with zero attached hydrogens (tertiary/aromatic N) is 1. The summed E-state index contributed by atoms with van der Waals surface area (Å²) in [5, 5.41) is 8.81. The van der Waals surface area contributed by atoms with Gasteiger partial charge in [0.15, 0.2) is 0 Å². The van der Waals surface area contributed by atoms with Gasteiger partial charge < -0.3 is 26.6 Å². The highest BCUT2D eigenvalue weighted by molar-refractivity contribution is 6.01. The molecule has 1 aliphatic rings. The standard InChI is InChI=1S/C18H29N5O2/c1-11(2)22-17(24)9-21-18(25)15-7-14(5-6-16(15)19)23-10-12(3)20-8-13(23)4/h5-7,11-13,20H,8-10,19H2,1-4H3,(H,21,25)(H,22,24). The summed E-state index contributed by atoms with van der Waals surface area (Å²) in [6, 6.07) is 6.23. The summed E-state index contributed by atoms with van der Waals surface area (Å²) >= 11 is 0. The third-order valence-electron chi connectivity index (χ3n) is 4.24. The molecule has 1 aliphatic heterocycles. The Hall–Kier alpha value is -2.28. The minimum Gasteiger partial charge on any atom is -0.398 e. The Labute approximate surface area is 149 Å². The highest BCUT2D eigenvalue weighted by Gasteiger charge is 2.23. The van der Waals surface area contributed by atoms with Crippen molar-refractivity contribution < 1.29 is 9.59 Å². The zero-order valence-electron chi connectivity index (χ0n) is 15.4. The average Bonchev–Trinajstić information content (AvgIpc) is 2.55. The average molecular weight is 347 g/mol. The molecule has 0 radical (unpaired) electrons. The molecular formula is C18H29N5O2. The van der Waals surface area contributed by atoms with Crippen molar-refractivity contribution in [3.63, 3.8) is 0 Å². The van der Waals surface area contributed by atoms with Gasteiger partial charge in [-0.1, -0.05) is 0 Å². The second-order valence-electron chi connectivity index (χ2n) is 6.99. The number of carbonyl (C=O) groups excluding carboxylic acids is 2. The van der Waals surface area contributed by atoms with Gasteiger partial charge in [-0.05, 0) is 45.9 Å². The van der Waals surface area contributed by atoms with E-state index >= 15 is 0 Å². The summed E-state index contributed by atoms with van der Waals surface area (Å²) in [4.78, 5) is 26.4. The van der Waals surface area contributed by atoms with Crippen LogP contribution in [0, 0.1) is 0 Å². The quantitative estimate of drug-likeness (QED) is 0.588. The van der Waals surface area contributed by atoms with E-state index < -0.39 is 0 Å². The fourth-order valence-corrected chi connectivity index (χ4v) is 2.93. The lowest BCUT2D eigenvalue weighted by Gasteiger charge is -2.39. The molecule has 1 aromatic rings. The maximum Gasteiger partial charge on any atom is 0.253 e. The zero-order valence-corrected chi connectivity index (χ0v) is 15.4. The van der Waals surface area contributed by atoms with Crippen molar-refractivity contribution >= 4 is 23.2 Å². The number of benzene rings is 1. The number of nitrogens with one attached hydrogen (secondary N) is 3. The second-order valence-corrected chi connectivity index (χ2v) is 6.99. The molecule has 2 unspecified atom stereocenters. The van der Waals surface area contributed by atoms with Crippen LogP contribution in [0.25, 0.3) is 0 Å². The molecule has 5 N–H and O–H groups in total. The lowest BCUT2D eigenvalue weighted by atomic mass is 10.1. The van der Waals surface area contributed by atoms with Crippen LogP contribution in [0.4, 0.5) is 11.4 Å². The number of hydrogen-bond acceptors (Lipinski definition) is 5. The summed E-state index contributed by atoms with van der Waals surface area (Å²) in [5.74, 6) is -0.559. The Kier molecular flexibility index (Phi) is 6.25.